The van der Waals surface area contributed by atoms with Crippen LogP contribution in [0.1, 0.15) is 29.9 Å². The topological polar surface area (TPSA) is 117 Å². The van der Waals surface area contributed by atoms with E-state index in [2.05, 4.69) is 11.4 Å². The van der Waals surface area contributed by atoms with E-state index in [1.807, 2.05) is 13.8 Å². The van der Waals surface area contributed by atoms with Gasteiger partial charge in [-0.2, -0.15) is 5.26 Å². The van der Waals surface area contributed by atoms with Gasteiger partial charge in [-0.3, -0.25) is 15.0 Å². The molecule has 0 fully saturated rings. The number of nitrogens with zero attached hydrogens (tertiary/aromatic N) is 1. The fourth-order valence-electron chi connectivity index (χ4n) is 1.99. The molecule has 0 atom stereocenters. The van der Waals surface area contributed by atoms with Gasteiger partial charge in [-0.1, -0.05) is 0 Å². The van der Waals surface area contributed by atoms with Gasteiger partial charge in [-0.15, -0.1) is 11.3 Å². The van der Waals surface area contributed by atoms with E-state index in [9.17, 15) is 14.9 Å². The first kappa shape index (κ1) is 14.5. The highest BCUT2D eigenvalue weighted by Gasteiger charge is 2.32. The van der Waals surface area contributed by atoms with Crippen molar-refractivity contribution in [2.24, 2.45) is 5.84 Å². The summed E-state index contributed by atoms with van der Waals surface area (Å²) in [5.41, 5.74) is 2.65. The summed E-state index contributed by atoms with van der Waals surface area (Å²) in [6.07, 6.45) is 0.584. The molecule has 20 heavy (non-hydrogen) atoms. The number of amides is 2. The maximum atomic E-state index is 11.5. The number of fused-ring (bicyclic) bond motifs is 1. The van der Waals surface area contributed by atoms with Gasteiger partial charge in [0.25, 0.3) is 0 Å². The van der Waals surface area contributed by atoms with Gasteiger partial charge in [-0.05, 0) is 19.4 Å². The summed E-state index contributed by atoms with van der Waals surface area (Å²) < 4.78 is 5.67. The van der Waals surface area contributed by atoms with Crippen LogP contribution in [0.25, 0.3) is 0 Å². The monoisotopic (exact) mass is 294 g/mol. The predicted molar refractivity (Wildman–Crippen MR) is 72.6 cm³/mol. The average Bonchev–Trinajstić information content (AvgIpc) is 2.72. The fraction of sp³-hybridized carbons (Fsp3) is 0.417. The summed E-state index contributed by atoms with van der Waals surface area (Å²) in [6, 6.07) is 2.08. The Balaban J connectivity index is 2.33. The molecule has 1 aromatic heterocycles. The minimum atomic E-state index is -0.961. The number of nitrogens with one attached hydrogen (secondary N) is 2. The van der Waals surface area contributed by atoms with Crippen molar-refractivity contribution < 1.29 is 14.3 Å². The second kappa shape index (κ2) is 5.20. The van der Waals surface area contributed by atoms with Crippen molar-refractivity contribution in [3.63, 3.8) is 0 Å². The number of ether oxygens (including phenoxy) is 1. The molecule has 0 aromatic carbocycles. The SMILES string of the molecule is CC1(C)Cc2c(sc(NC(=O)C(=O)NN)c2C#N)CO1. The number of nitriles is 1. The molecule has 1 aliphatic heterocycles. The first-order valence-corrected chi connectivity index (χ1v) is 6.70. The smallest absolute Gasteiger partial charge is 0.323 e. The van der Waals surface area contributed by atoms with Crippen molar-refractivity contribution in [3.05, 3.63) is 16.0 Å². The molecular weight excluding hydrogens is 280 g/mol. The van der Waals surface area contributed by atoms with Gasteiger partial charge >= 0.3 is 11.8 Å². The van der Waals surface area contributed by atoms with Crippen LogP contribution in [0.15, 0.2) is 0 Å². The van der Waals surface area contributed by atoms with Crippen LogP contribution in [0.5, 0.6) is 0 Å². The molecule has 4 N–H and O–H groups in total. The third-order valence-electron chi connectivity index (χ3n) is 2.96. The largest absolute Gasteiger partial charge is 0.370 e. The summed E-state index contributed by atoms with van der Waals surface area (Å²) >= 11 is 1.24. The molecule has 0 unspecified atom stereocenters. The number of carbonyl (C=O) groups is 2. The van der Waals surface area contributed by atoms with Gasteiger partial charge in [0.15, 0.2) is 0 Å². The summed E-state index contributed by atoms with van der Waals surface area (Å²) in [4.78, 5) is 23.5. The lowest BCUT2D eigenvalue weighted by molar-refractivity contribution is -0.136. The Hall–Kier alpha value is -1.95. The van der Waals surface area contributed by atoms with Crippen LogP contribution in [0, 0.1) is 11.3 Å². The van der Waals surface area contributed by atoms with Gasteiger partial charge in [-0.25, -0.2) is 5.84 Å². The highest BCUT2D eigenvalue weighted by molar-refractivity contribution is 7.16. The lowest BCUT2D eigenvalue weighted by Gasteiger charge is -2.29. The molecule has 1 aliphatic rings. The zero-order chi connectivity index (χ0) is 14.9. The van der Waals surface area contributed by atoms with Crippen molar-refractivity contribution in [2.75, 3.05) is 5.32 Å². The molecule has 0 saturated carbocycles. The number of hydrazine groups is 1. The second-order valence-corrected chi connectivity index (χ2v) is 6.08. The van der Waals surface area contributed by atoms with Crippen LogP contribution >= 0.6 is 11.3 Å². The molecule has 7 nitrogen and oxygen atoms in total. The molecule has 106 valence electrons. The van der Waals surface area contributed by atoms with Crippen LogP contribution in [0.4, 0.5) is 5.00 Å². The summed E-state index contributed by atoms with van der Waals surface area (Å²) in [6.45, 7) is 4.27. The number of hydrogen-bond acceptors (Lipinski definition) is 6. The lowest BCUT2D eigenvalue weighted by atomic mass is 9.93. The first-order valence-electron chi connectivity index (χ1n) is 5.88. The van der Waals surface area contributed by atoms with Gasteiger partial charge in [0.05, 0.1) is 17.8 Å². The van der Waals surface area contributed by atoms with Crippen molar-refractivity contribution in [1.29, 1.82) is 5.26 Å². The predicted octanol–water partition coefficient (Wildman–Crippen LogP) is 0.399. The molecule has 8 heteroatoms. The number of carbonyl (C=O) groups excluding carboxylic acids is 2. The van der Waals surface area contributed by atoms with E-state index in [0.717, 1.165) is 10.4 Å². The zero-order valence-corrected chi connectivity index (χ0v) is 11.9. The van der Waals surface area contributed by atoms with E-state index < -0.39 is 11.8 Å². The van der Waals surface area contributed by atoms with Crippen molar-refractivity contribution >= 4 is 28.2 Å². The molecule has 0 spiro atoms. The van der Waals surface area contributed by atoms with E-state index in [1.165, 1.54) is 11.3 Å². The highest BCUT2D eigenvalue weighted by atomic mass is 32.1. The van der Waals surface area contributed by atoms with Gasteiger partial charge in [0, 0.05) is 11.3 Å². The second-order valence-electron chi connectivity index (χ2n) is 4.97. The number of hydrogen-bond donors (Lipinski definition) is 3. The van der Waals surface area contributed by atoms with Crippen molar-refractivity contribution in [2.45, 2.75) is 32.5 Å². The Morgan fingerprint density at radius 3 is 2.75 bits per heavy atom. The van der Waals surface area contributed by atoms with Crippen LogP contribution in [0.2, 0.25) is 0 Å². The minimum Gasteiger partial charge on any atom is -0.370 e. The lowest BCUT2D eigenvalue weighted by Crippen LogP contribution is -2.39. The minimum absolute atomic E-state index is 0.352. The van der Waals surface area contributed by atoms with Crippen LogP contribution < -0.4 is 16.6 Å². The summed E-state index contributed by atoms with van der Waals surface area (Å²) in [5.74, 6) is 3.03. The normalized spacial score (nSPS) is 15.9. The molecule has 0 radical (unpaired) electrons. The molecule has 2 amide bonds. The maximum absolute atomic E-state index is 11.5. The number of anilines is 1. The van der Waals surface area contributed by atoms with Gasteiger partial charge < -0.3 is 10.1 Å². The van der Waals surface area contributed by atoms with Gasteiger partial charge in [0.2, 0.25) is 0 Å². The van der Waals surface area contributed by atoms with E-state index in [1.54, 1.807) is 5.43 Å². The molecule has 2 heterocycles. The summed E-state index contributed by atoms with van der Waals surface area (Å²) in [5, 5.41) is 12.0. The van der Waals surface area contributed by atoms with Crippen LogP contribution in [0.3, 0.4) is 0 Å². The van der Waals surface area contributed by atoms with Crippen molar-refractivity contribution in [3.8, 4) is 6.07 Å². The third-order valence-corrected chi connectivity index (χ3v) is 4.08. The standard InChI is InChI=1S/C12H14N4O3S/c1-12(2)3-6-7(4-13)11(20-8(6)5-19-12)15-9(17)10(18)16-14/h3,5,14H2,1-2H3,(H,15,17)(H,16,18). The molecular formula is C12H14N4O3S. The fourth-order valence-corrected chi connectivity index (χ4v) is 3.06. The maximum Gasteiger partial charge on any atom is 0.323 e. The molecule has 0 bridgehead atoms. The zero-order valence-electron chi connectivity index (χ0n) is 11.1. The van der Waals surface area contributed by atoms with E-state index in [4.69, 9.17) is 10.6 Å². The Labute approximate surface area is 119 Å². The van der Waals surface area contributed by atoms with E-state index >= 15 is 0 Å². The molecule has 0 aliphatic carbocycles. The quantitative estimate of drug-likeness (QED) is 0.300. The Bertz CT molecular complexity index is 615. The number of thiophene rings is 1. The molecule has 2 rings (SSSR count). The Morgan fingerprint density at radius 1 is 1.45 bits per heavy atom. The van der Waals surface area contributed by atoms with E-state index in [-0.39, 0.29) is 5.60 Å². The average molecular weight is 294 g/mol. The van der Waals surface area contributed by atoms with Crippen LogP contribution in [-0.2, 0) is 27.4 Å². The Kier molecular flexibility index (Phi) is 3.76. The van der Waals surface area contributed by atoms with Crippen LogP contribution in [-0.4, -0.2) is 17.4 Å². The number of nitrogens with two attached hydrogens (primary N) is 1. The first-order chi connectivity index (χ1) is 9.38. The van der Waals surface area contributed by atoms with E-state index in [0.29, 0.717) is 23.6 Å². The van der Waals surface area contributed by atoms with Gasteiger partial charge in [0.1, 0.15) is 11.1 Å². The molecule has 1 aromatic rings. The molecule has 0 saturated heterocycles. The summed E-state index contributed by atoms with van der Waals surface area (Å²) in [7, 11) is 0. The Morgan fingerprint density at radius 2 is 2.15 bits per heavy atom. The van der Waals surface area contributed by atoms with Crippen molar-refractivity contribution in [1.82, 2.24) is 5.43 Å². The third kappa shape index (κ3) is 2.65. The number of rotatable bonds is 1. The highest BCUT2D eigenvalue weighted by Crippen LogP contribution is 2.39.